The van der Waals surface area contributed by atoms with Gasteiger partial charge in [-0.05, 0) is 49.2 Å². The smallest absolute Gasteiger partial charge is 0.306 e. The quantitative estimate of drug-likeness (QED) is 0.470. The number of hydrogen-bond acceptors (Lipinski definition) is 6. The third-order valence-electron chi connectivity index (χ3n) is 5.03. The lowest BCUT2D eigenvalue weighted by Crippen LogP contribution is -2.22. The fourth-order valence-corrected chi connectivity index (χ4v) is 4.17. The van der Waals surface area contributed by atoms with Crippen LogP contribution in [-0.2, 0) is 39.1 Å². The normalized spacial score (nSPS) is 11.8. The largest absolute Gasteiger partial charge is 0.497 e. The molecular weight excluding hydrogens is 418 g/mol. The maximum absolute atomic E-state index is 12.4. The monoisotopic (exact) mass is 445 g/mol. The van der Waals surface area contributed by atoms with Crippen LogP contribution < -0.4 is 4.74 Å². The van der Waals surface area contributed by atoms with Gasteiger partial charge in [-0.15, -0.1) is 0 Å². The molecule has 0 radical (unpaired) electrons. The first-order valence-electron chi connectivity index (χ1n) is 9.96. The van der Waals surface area contributed by atoms with E-state index >= 15 is 0 Å². The van der Waals surface area contributed by atoms with E-state index in [1.807, 2.05) is 35.8 Å². The summed E-state index contributed by atoms with van der Waals surface area (Å²) in [6, 6.07) is 12.4. The van der Waals surface area contributed by atoms with Crippen molar-refractivity contribution < 1.29 is 22.7 Å². The number of hydrogen-bond donors (Lipinski definition) is 0. The van der Waals surface area contributed by atoms with E-state index in [4.69, 9.17) is 9.47 Å². The van der Waals surface area contributed by atoms with Gasteiger partial charge in [-0.1, -0.05) is 12.1 Å². The molecule has 8 nitrogen and oxygen atoms in total. The minimum atomic E-state index is -3.55. The van der Waals surface area contributed by atoms with E-state index in [2.05, 4.69) is 4.98 Å². The first kappa shape index (κ1) is 22.8. The molecular formula is C22H27N3O5S. The highest BCUT2D eigenvalue weighted by molar-refractivity contribution is 7.89. The minimum absolute atomic E-state index is 0.0275. The average molecular weight is 446 g/mol. The molecule has 0 amide bonds. The summed E-state index contributed by atoms with van der Waals surface area (Å²) in [5.41, 5.74) is 2.37. The first-order chi connectivity index (χ1) is 14.8. The van der Waals surface area contributed by atoms with Gasteiger partial charge in [-0.25, -0.2) is 17.7 Å². The molecule has 0 bridgehead atoms. The molecule has 0 saturated heterocycles. The van der Waals surface area contributed by atoms with Crippen molar-refractivity contribution in [1.82, 2.24) is 13.9 Å². The molecule has 0 atom stereocenters. The molecule has 1 aromatic heterocycles. The van der Waals surface area contributed by atoms with Gasteiger partial charge in [0.25, 0.3) is 0 Å². The molecule has 0 aliphatic rings. The zero-order valence-corrected chi connectivity index (χ0v) is 19.0. The maximum Gasteiger partial charge on any atom is 0.306 e. The van der Waals surface area contributed by atoms with Crippen LogP contribution in [0.3, 0.4) is 0 Å². The molecule has 0 unspecified atom stereocenters. The van der Waals surface area contributed by atoms with Crippen LogP contribution in [0, 0.1) is 0 Å². The number of aromatic nitrogens is 2. The van der Waals surface area contributed by atoms with Crippen molar-refractivity contribution in [2.75, 3.05) is 21.2 Å². The second-order valence-electron chi connectivity index (χ2n) is 7.22. The number of methoxy groups -OCH3 is 1. The second-order valence-corrected chi connectivity index (χ2v) is 9.37. The lowest BCUT2D eigenvalue weighted by Gasteiger charge is -2.11. The molecule has 3 aromatic rings. The Bertz CT molecular complexity index is 1170. The highest BCUT2D eigenvalue weighted by atomic mass is 32.2. The van der Waals surface area contributed by atoms with Gasteiger partial charge in [0.05, 0.1) is 23.0 Å². The van der Waals surface area contributed by atoms with Gasteiger partial charge < -0.3 is 14.0 Å². The number of aryl methyl sites for hydroxylation is 2. The number of sulfonamides is 1. The van der Waals surface area contributed by atoms with Crippen molar-refractivity contribution in [1.29, 1.82) is 0 Å². The molecule has 1 heterocycles. The number of imidazole rings is 1. The van der Waals surface area contributed by atoms with Gasteiger partial charge >= 0.3 is 5.97 Å². The van der Waals surface area contributed by atoms with E-state index in [1.165, 1.54) is 14.1 Å². The average Bonchev–Trinajstić information content (AvgIpc) is 3.13. The first-order valence-corrected chi connectivity index (χ1v) is 11.4. The van der Waals surface area contributed by atoms with Crippen molar-refractivity contribution in [2.24, 2.45) is 0 Å². The zero-order valence-electron chi connectivity index (χ0n) is 18.2. The van der Waals surface area contributed by atoms with E-state index in [-0.39, 0.29) is 23.9 Å². The van der Waals surface area contributed by atoms with Gasteiger partial charge in [0.1, 0.15) is 18.2 Å². The number of ether oxygens (including phenoxy) is 2. The molecule has 0 N–H and O–H groups in total. The van der Waals surface area contributed by atoms with E-state index in [9.17, 15) is 13.2 Å². The van der Waals surface area contributed by atoms with Gasteiger partial charge in [0.15, 0.2) is 0 Å². The second kappa shape index (κ2) is 9.49. The van der Waals surface area contributed by atoms with Gasteiger partial charge in [-0.2, -0.15) is 0 Å². The number of carbonyl (C=O) groups excluding carboxylic acids is 1. The SMILES string of the molecule is CCn1c(COC(=O)CCc2ccc(OC)cc2)nc2cc(S(=O)(=O)N(C)C)ccc21. The fraction of sp³-hybridized carbons (Fsp3) is 0.364. The minimum Gasteiger partial charge on any atom is -0.497 e. The van der Waals surface area contributed by atoms with Crippen LogP contribution in [0.2, 0.25) is 0 Å². The van der Waals surface area contributed by atoms with Crippen LogP contribution in [-0.4, -0.2) is 49.4 Å². The maximum atomic E-state index is 12.4. The standard InChI is InChI=1S/C22H27N3O5S/c1-5-25-20-12-11-18(31(27,28)24(2)3)14-19(20)23-21(25)15-30-22(26)13-8-16-6-9-17(29-4)10-7-16/h6-7,9-12,14H,5,8,13,15H2,1-4H3. The van der Waals surface area contributed by atoms with Crippen LogP contribution in [0.25, 0.3) is 11.0 Å². The number of fused-ring (bicyclic) bond motifs is 1. The number of nitrogens with zero attached hydrogens (tertiary/aromatic N) is 3. The molecule has 0 fully saturated rings. The van der Waals surface area contributed by atoms with Crippen LogP contribution >= 0.6 is 0 Å². The van der Waals surface area contributed by atoms with E-state index in [1.54, 1.807) is 25.3 Å². The molecule has 31 heavy (non-hydrogen) atoms. The van der Waals surface area contributed by atoms with Crippen LogP contribution in [0.5, 0.6) is 5.75 Å². The fourth-order valence-electron chi connectivity index (χ4n) is 3.25. The summed E-state index contributed by atoms with van der Waals surface area (Å²) in [5.74, 6) is 1.03. The van der Waals surface area contributed by atoms with Gasteiger partial charge in [0.2, 0.25) is 10.0 Å². The van der Waals surface area contributed by atoms with Crippen molar-refractivity contribution in [3.63, 3.8) is 0 Å². The Morgan fingerprint density at radius 1 is 1.13 bits per heavy atom. The Morgan fingerprint density at radius 2 is 1.84 bits per heavy atom. The molecule has 0 spiro atoms. The number of carbonyl (C=O) groups is 1. The summed E-state index contributed by atoms with van der Waals surface area (Å²) < 4.78 is 38.4. The van der Waals surface area contributed by atoms with E-state index in [0.29, 0.717) is 24.3 Å². The van der Waals surface area contributed by atoms with Crippen molar-refractivity contribution in [3.05, 3.63) is 53.9 Å². The van der Waals surface area contributed by atoms with E-state index < -0.39 is 10.0 Å². The van der Waals surface area contributed by atoms with Gasteiger partial charge in [-0.3, -0.25) is 4.79 Å². The number of benzene rings is 2. The molecule has 166 valence electrons. The predicted octanol–water partition coefficient (Wildman–Crippen LogP) is 2.99. The van der Waals surface area contributed by atoms with Crippen molar-refractivity contribution >= 4 is 27.0 Å². The lowest BCUT2D eigenvalue weighted by molar-refractivity contribution is -0.145. The Kier molecular flexibility index (Phi) is 6.97. The lowest BCUT2D eigenvalue weighted by atomic mass is 10.1. The van der Waals surface area contributed by atoms with E-state index in [0.717, 1.165) is 21.1 Å². The van der Waals surface area contributed by atoms with Crippen LogP contribution in [0.1, 0.15) is 24.7 Å². The highest BCUT2D eigenvalue weighted by Crippen LogP contribution is 2.22. The molecule has 3 rings (SSSR count). The molecule has 9 heteroatoms. The number of esters is 1. The third-order valence-corrected chi connectivity index (χ3v) is 6.84. The Labute approximate surface area is 182 Å². The van der Waals surface area contributed by atoms with Crippen LogP contribution in [0.15, 0.2) is 47.4 Å². The zero-order chi connectivity index (χ0) is 22.6. The van der Waals surface area contributed by atoms with Gasteiger partial charge in [0, 0.05) is 27.1 Å². The van der Waals surface area contributed by atoms with Crippen molar-refractivity contribution in [2.45, 2.75) is 37.8 Å². The van der Waals surface area contributed by atoms with Crippen LogP contribution in [0.4, 0.5) is 0 Å². The summed E-state index contributed by atoms with van der Waals surface area (Å²) in [7, 11) is 1.03. The Hall–Kier alpha value is -2.91. The molecule has 2 aromatic carbocycles. The predicted molar refractivity (Wildman–Crippen MR) is 117 cm³/mol. The highest BCUT2D eigenvalue weighted by Gasteiger charge is 2.20. The summed E-state index contributed by atoms with van der Waals surface area (Å²) in [5, 5.41) is 0. The summed E-state index contributed by atoms with van der Waals surface area (Å²) in [4.78, 5) is 16.9. The topological polar surface area (TPSA) is 90.7 Å². The molecule has 0 aliphatic heterocycles. The Balaban J connectivity index is 1.69. The summed E-state index contributed by atoms with van der Waals surface area (Å²) in [6.45, 7) is 2.61. The molecule has 0 aliphatic carbocycles. The summed E-state index contributed by atoms with van der Waals surface area (Å²) in [6.07, 6.45) is 0.822. The number of rotatable bonds is 9. The Morgan fingerprint density at radius 3 is 2.45 bits per heavy atom. The van der Waals surface area contributed by atoms with Crippen molar-refractivity contribution in [3.8, 4) is 5.75 Å². The third kappa shape index (κ3) is 5.05. The summed E-state index contributed by atoms with van der Waals surface area (Å²) >= 11 is 0. The molecule has 0 saturated carbocycles.